The van der Waals surface area contributed by atoms with Gasteiger partial charge < -0.3 is 19.7 Å². The number of piperidine rings is 1. The molecule has 1 aromatic carbocycles. The maximum atomic E-state index is 12.9. The van der Waals surface area contributed by atoms with Crippen molar-refractivity contribution in [2.45, 2.75) is 82.8 Å². The van der Waals surface area contributed by atoms with E-state index in [9.17, 15) is 9.59 Å². The Morgan fingerprint density at radius 2 is 1.91 bits per heavy atom. The normalized spacial score (nSPS) is 24.3. The lowest BCUT2D eigenvalue weighted by molar-refractivity contribution is -0.121. The number of likely N-dealkylation sites (tertiary alicyclic amines) is 1. The molecular weight excluding hydrogens is 422 g/mol. The number of amides is 2. The molecule has 33 heavy (non-hydrogen) atoms. The van der Waals surface area contributed by atoms with Gasteiger partial charge in [0, 0.05) is 25.9 Å². The summed E-state index contributed by atoms with van der Waals surface area (Å²) in [4.78, 5) is 32.7. The van der Waals surface area contributed by atoms with Gasteiger partial charge in [-0.05, 0) is 51.7 Å². The molecular formula is C25H35N3O5. The lowest BCUT2D eigenvalue weighted by atomic mass is 9.91. The number of hydroxylamine groups is 1. The van der Waals surface area contributed by atoms with Crippen LogP contribution >= 0.6 is 0 Å². The molecule has 8 heteroatoms. The molecule has 2 atom stereocenters. The van der Waals surface area contributed by atoms with Crippen LogP contribution in [0.1, 0.15) is 58.4 Å². The van der Waals surface area contributed by atoms with Crippen molar-refractivity contribution in [1.82, 2.24) is 15.7 Å². The predicted octanol–water partition coefficient (Wildman–Crippen LogP) is 3.43. The van der Waals surface area contributed by atoms with Crippen LogP contribution in [0.15, 0.2) is 42.1 Å². The molecule has 180 valence electrons. The summed E-state index contributed by atoms with van der Waals surface area (Å²) in [6, 6.07) is 10.0. The Morgan fingerprint density at radius 1 is 1.18 bits per heavy atom. The highest BCUT2D eigenvalue weighted by atomic mass is 16.7. The monoisotopic (exact) mass is 457 g/mol. The molecule has 8 nitrogen and oxygen atoms in total. The predicted molar refractivity (Wildman–Crippen MR) is 123 cm³/mol. The summed E-state index contributed by atoms with van der Waals surface area (Å²) in [6.45, 7) is 7.14. The van der Waals surface area contributed by atoms with Gasteiger partial charge in [0.05, 0.1) is 18.8 Å². The molecule has 0 aromatic heterocycles. The van der Waals surface area contributed by atoms with Crippen molar-refractivity contribution in [2.24, 2.45) is 0 Å². The second-order valence-electron chi connectivity index (χ2n) is 10.1. The van der Waals surface area contributed by atoms with E-state index in [2.05, 4.69) is 10.8 Å². The first-order chi connectivity index (χ1) is 15.7. The topological polar surface area (TPSA) is 89.1 Å². The van der Waals surface area contributed by atoms with Gasteiger partial charge in [0.1, 0.15) is 16.9 Å². The molecule has 1 saturated heterocycles. The minimum Gasteiger partial charge on any atom is -0.444 e. The number of benzene rings is 1. The second-order valence-corrected chi connectivity index (χ2v) is 10.1. The van der Waals surface area contributed by atoms with Crippen molar-refractivity contribution >= 4 is 12.0 Å². The SMILES string of the molecule is CC(C)(C)OC(=O)N1CCC2(C=C(C(=O)N[C@@H]3CCC[C@H]3OCc3ccccc3)NO2)CC1. The molecule has 1 aliphatic carbocycles. The first-order valence-corrected chi connectivity index (χ1v) is 11.8. The van der Waals surface area contributed by atoms with Gasteiger partial charge in [0.25, 0.3) is 5.91 Å². The van der Waals surface area contributed by atoms with Gasteiger partial charge in [-0.3, -0.25) is 15.1 Å². The quantitative estimate of drug-likeness (QED) is 0.704. The minimum absolute atomic E-state index is 0.00288. The molecule has 0 bridgehead atoms. The average molecular weight is 458 g/mol. The maximum Gasteiger partial charge on any atom is 0.410 e. The number of hydrogen-bond acceptors (Lipinski definition) is 6. The summed E-state index contributed by atoms with van der Waals surface area (Å²) >= 11 is 0. The van der Waals surface area contributed by atoms with Gasteiger partial charge in [0.2, 0.25) is 0 Å². The van der Waals surface area contributed by atoms with Gasteiger partial charge in [-0.25, -0.2) is 4.79 Å². The average Bonchev–Trinajstić information content (AvgIpc) is 3.39. The van der Waals surface area contributed by atoms with Gasteiger partial charge in [-0.15, -0.1) is 0 Å². The minimum atomic E-state index is -0.579. The Balaban J connectivity index is 1.28. The molecule has 2 aliphatic heterocycles. The Hall–Kier alpha value is -2.58. The first kappa shape index (κ1) is 23.6. The van der Waals surface area contributed by atoms with Crippen LogP contribution in [-0.4, -0.2) is 53.3 Å². The number of carbonyl (C=O) groups excluding carboxylic acids is 2. The van der Waals surface area contributed by atoms with Crippen LogP contribution in [0.2, 0.25) is 0 Å². The van der Waals surface area contributed by atoms with E-state index in [4.69, 9.17) is 14.3 Å². The zero-order valence-electron chi connectivity index (χ0n) is 19.8. The summed E-state index contributed by atoms with van der Waals surface area (Å²) in [7, 11) is 0. The van der Waals surface area contributed by atoms with Crippen LogP contribution < -0.4 is 10.8 Å². The van der Waals surface area contributed by atoms with Crippen molar-refractivity contribution in [3.8, 4) is 0 Å². The fourth-order valence-corrected chi connectivity index (χ4v) is 4.55. The number of carbonyl (C=O) groups is 2. The van der Waals surface area contributed by atoms with E-state index in [1.54, 1.807) is 4.90 Å². The molecule has 1 aromatic rings. The lowest BCUT2D eigenvalue weighted by Crippen LogP contribution is -2.48. The van der Waals surface area contributed by atoms with Crippen molar-refractivity contribution in [1.29, 1.82) is 0 Å². The molecule has 4 rings (SSSR count). The van der Waals surface area contributed by atoms with Crippen molar-refractivity contribution in [2.75, 3.05) is 13.1 Å². The van der Waals surface area contributed by atoms with Gasteiger partial charge in [-0.1, -0.05) is 30.3 Å². The Kier molecular flexibility index (Phi) is 6.95. The highest BCUT2D eigenvalue weighted by Gasteiger charge is 2.42. The van der Waals surface area contributed by atoms with E-state index >= 15 is 0 Å². The Labute approximate surface area is 195 Å². The Bertz CT molecular complexity index is 872. The number of nitrogens with one attached hydrogen (secondary N) is 2. The summed E-state index contributed by atoms with van der Waals surface area (Å²) in [6.07, 6.45) is 5.61. The molecule has 2 heterocycles. The fourth-order valence-electron chi connectivity index (χ4n) is 4.55. The van der Waals surface area contributed by atoms with Gasteiger partial charge >= 0.3 is 6.09 Å². The molecule has 0 radical (unpaired) electrons. The van der Waals surface area contributed by atoms with Crippen molar-refractivity contribution < 1.29 is 23.9 Å². The van der Waals surface area contributed by atoms with E-state index in [1.165, 1.54) is 0 Å². The molecule has 1 spiro atoms. The van der Waals surface area contributed by atoms with Crippen LogP contribution in [0.5, 0.6) is 0 Å². The molecule has 3 aliphatic rings. The summed E-state index contributed by atoms with van der Waals surface area (Å²) in [5.41, 5.74) is 3.27. The van der Waals surface area contributed by atoms with Gasteiger partial charge in [0.15, 0.2) is 0 Å². The maximum absolute atomic E-state index is 12.9. The second kappa shape index (κ2) is 9.73. The molecule has 2 amide bonds. The van der Waals surface area contributed by atoms with E-state index in [-0.39, 0.29) is 24.1 Å². The fraction of sp³-hybridized carbons (Fsp3) is 0.600. The number of ether oxygens (including phenoxy) is 2. The highest BCUT2D eigenvalue weighted by molar-refractivity contribution is 5.93. The number of nitrogens with zero attached hydrogens (tertiary/aromatic N) is 1. The third kappa shape index (κ3) is 6.06. The first-order valence-electron chi connectivity index (χ1n) is 11.8. The van der Waals surface area contributed by atoms with Crippen molar-refractivity contribution in [3.63, 3.8) is 0 Å². The molecule has 0 unspecified atom stereocenters. The molecule has 2 N–H and O–H groups in total. The number of rotatable bonds is 5. The summed E-state index contributed by atoms with van der Waals surface area (Å²) in [5.74, 6) is -0.179. The summed E-state index contributed by atoms with van der Waals surface area (Å²) in [5, 5.41) is 3.12. The third-order valence-corrected chi connectivity index (χ3v) is 6.35. The zero-order valence-corrected chi connectivity index (χ0v) is 19.8. The largest absolute Gasteiger partial charge is 0.444 e. The van der Waals surface area contributed by atoms with Crippen LogP contribution in [-0.2, 0) is 25.7 Å². The Morgan fingerprint density at radius 3 is 2.61 bits per heavy atom. The summed E-state index contributed by atoms with van der Waals surface area (Å²) < 4.78 is 11.6. The third-order valence-electron chi connectivity index (χ3n) is 6.35. The van der Waals surface area contributed by atoms with E-state index < -0.39 is 11.2 Å². The molecule has 2 fully saturated rings. The van der Waals surface area contributed by atoms with Crippen LogP contribution in [0.4, 0.5) is 4.79 Å². The smallest absolute Gasteiger partial charge is 0.410 e. The lowest BCUT2D eigenvalue weighted by Gasteiger charge is -2.37. The van der Waals surface area contributed by atoms with E-state index in [0.717, 1.165) is 24.8 Å². The number of hydrogen-bond donors (Lipinski definition) is 2. The van der Waals surface area contributed by atoms with Crippen LogP contribution in [0, 0.1) is 0 Å². The highest BCUT2D eigenvalue weighted by Crippen LogP contribution is 2.33. The van der Waals surface area contributed by atoms with Crippen molar-refractivity contribution in [3.05, 3.63) is 47.7 Å². The standard InChI is InChI=1S/C25H35N3O5/c1-24(2,3)32-23(30)28-14-12-25(13-15-28)16-20(27-33-25)22(29)26-19-10-7-11-21(19)31-17-18-8-5-4-6-9-18/h4-6,8-9,16,19,21,27H,7,10-15,17H2,1-3H3,(H,26,29)/t19-,21-/m1/s1. The van der Waals surface area contributed by atoms with E-state index in [0.29, 0.717) is 38.2 Å². The van der Waals surface area contributed by atoms with Gasteiger partial charge in [-0.2, -0.15) is 0 Å². The van der Waals surface area contributed by atoms with Crippen LogP contribution in [0.3, 0.4) is 0 Å². The van der Waals surface area contributed by atoms with Crippen LogP contribution in [0.25, 0.3) is 0 Å². The van der Waals surface area contributed by atoms with E-state index in [1.807, 2.05) is 57.2 Å². The zero-order chi connectivity index (χ0) is 23.5. The molecule has 1 saturated carbocycles.